The number of nitrogens with one attached hydrogen (secondary N) is 2. The zero-order valence-corrected chi connectivity index (χ0v) is 21.1. The standard InChI is InChI=1S/C24H23N4O2.K/c1-16(25-10-11-26-21-14-28(2)15-21)17-4-3-5-20(13-17)27-24(30)19-6-8-22-18(12-19)7-9-23(22)29;/h3-6,8,11-16,25H,7,9H2,1-2H3,(H,27,30);/q-1;+1. The molecule has 1 unspecified atom stereocenters. The molecule has 4 rings (SSSR count). The van der Waals surface area contributed by atoms with Crippen molar-refractivity contribution in [2.24, 2.45) is 4.99 Å². The number of benzene rings is 2. The van der Waals surface area contributed by atoms with Crippen LogP contribution in [0.4, 0.5) is 5.69 Å². The molecule has 2 aromatic rings. The smallest absolute Gasteiger partial charge is 0.560 e. The van der Waals surface area contributed by atoms with Crippen molar-refractivity contribution in [1.29, 1.82) is 0 Å². The summed E-state index contributed by atoms with van der Waals surface area (Å²) in [5, 5.41) is 6.10. The summed E-state index contributed by atoms with van der Waals surface area (Å²) in [5.41, 5.74) is 4.89. The first-order valence-electron chi connectivity index (χ1n) is 9.89. The Hall–Kier alpha value is -2.03. The van der Waals surface area contributed by atoms with Gasteiger partial charge in [-0.1, -0.05) is 18.2 Å². The van der Waals surface area contributed by atoms with E-state index in [0.717, 1.165) is 22.4 Å². The molecule has 1 aliphatic heterocycles. The summed E-state index contributed by atoms with van der Waals surface area (Å²) >= 11 is 0. The minimum Gasteiger partial charge on any atom is -0.560 e. The van der Waals surface area contributed by atoms with Gasteiger partial charge in [0.2, 0.25) is 0 Å². The molecule has 1 aliphatic carbocycles. The number of carbonyl (C=O) groups is 2. The van der Waals surface area contributed by atoms with E-state index >= 15 is 0 Å². The number of aryl methyl sites for hydroxylation is 1. The van der Waals surface area contributed by atoms with Crippen LogP contribution in [0.3, 0.4) is 0 Å². The minimum atomic E-state index is -0.185. The number of Topliss-reactive ketones (excluding diaryl/α,β-unsaturated/α-hetero) is 1. The molecule has 2 N–H and O–H groups in total. The molecule has 7 heteroatoms. The van der Waals surface area contributed by atoms with Crippen LogP contribution in [0.5, 0.6) is 0 Å². The number of hydrogen-bond acceptors (Lipinski definition) is 4. The Bertz CT molecular complexity index is 1100. The predicted octanol–water partition coefficient (Wildman–Crippen LogP) is 0.326. The average Bonchev–Trinajstić information content (AvgIpc) is 3.10. The van der Waals surface area contributed by atoms with E-state index in [0.29, 0.717) is 24.1 Å². The van der Waals surface area contributed by atoms with Crippen molar-refractivity contribution in [2.75, 3.05) is 12.4 Å². The van der Waals surface area contributed by atoms with Crippen molar-refractivity contribution in [3.63, 3.8) is 0 Å². The maximum absolute atomic E-state index is 12.7. The Morgan fingerprint density at radius 1 is 1.26 bits per heavy atom. The largest absolute Gasteiger partial charge is 1.00 e. The van der Waals surface area contributed by atoms with Crippen LogP contribution in [0.15, 0.2) is 53.7 Å². The Morgan fingerprint density at radius 3 is 2.84 bits per heavy atom. The topological polar surface area (TPSA) is 73.6 Å². The van der Waals surface area contributed by atoms with Gasteiger partial charge >= 0.3 is 51.4 Å². The van der Waals surface area contributed by atoms with Crippen LogP contribution in [-0.2, 0) is 6.42 Å². The number of ketones is 1. The molecule has 0 fully saturated rings. The van der Waals surface area contributed by atoms with Gasteiger partial charge in [0.05, 0.1) is 18.5 Å². The maximum atomic E-state index is 12.7. The quantitative estimate of drug-likeness (QED) is 0.295. The fraction of sp³-hybridized carbons (Fsp3) is 0.208. The summed E-state index contributed by atoms with van der Waals surface area (Å²) in [4.78, 5) is 28.7. The summed E-state index contributed by atoms with van der Waals surface area (Å²) in [6.07, 6.45) is 7.74. The SMILES string of the molecule is CC(N[C-]=CN=C1C=[N+](C)[CH-]1)c1cccc(NC(=O)c2ccc3c(c2)CCC3=O)c1.[K+]. The predicted molar refractivity (Wildman–Crippen MR) is 117 cm³/mol. The van der Waals surface area contributed by atoms with Crippen molar-refractivity contribution >= 4 is 29.3 Å². The van der Waals surface area contributed by atoms with E-state index in [9.17, 15) is 9.59 Å². The van der Waals surface area contributed by atoms with E-state index in [4.69, 9.17) is 0 Å². The molecule has 1 amide bonds. The van der Waals surface area contributed by atoms with Crippen molar-refractivity contribution < 1.29 is 65.5 Å². The van der Waals surface area contributed by atoms with E-state index in [-0.39, 0.29) is 69.1 Å². The average molecular weight is 439 g/mol. The minimum absolute atomic E-state index is 0. The zero-order valence-electron chi connectivity index (χ0n) is 18.0. The zero-order chi connectivity index (χ0) is 21.1. The Kier molecular flexibility index (Phi) is 8.02. The van der Waals surface area contributed by atoms with Gasteiger partial charge in [0.25, 0.3) is 5.91 Å². The number of carbonyl (C=O) groups excluding carboxylic acids is 2. The summed E-state index contributed by atoms with van der Waals surface area (Å²) < 4.78 is 1.94. The molecule has 0 aromatic heterocycles. The van der Waals surface area contributed by atoms with Gasteiger partial charge in [-0.15, -0.1) is 6.20 Å². The molecule has 152 valence electrons. The first-order chi connectivity index (χ1) is 14.5. The van der Waals surface area contributed by atoms with Gasteiger partial charge in [-0.2, -0.15) is 0 Å². The molecular weight excluding hydrogens is 415 g/mol. The number of rotatable bonds is 6. The number of aliphatic imine (C=N–C) groups is 1. The van der Waals surface area contributed by atoms with Crippen molar-refractivity contribution in [2.45, 2.75) is 25.8 Å². The maximum Gasteiger partial charge on any atom is 1.00 e. The van der Waals surface area contributed by atoms with E-state index in [1.165, 1.54) is 0 Å². The van der Waals surface area contributed by atoms with E-state index in [1.54, 1.807) is 18.3 Å². The fourth-order valence-corrected chi connectivity index (χ4v) is 3.51. The number of fused-ring (bicyclic) bond motifs is 1. The molecule has 1 heterocycles. The number of amides is 1. The molecule has 31 heavy (non-hydrogen) atoms. The second kappa shape index (κ2) is 10.5. The molecule has 6 nitrogen and oxygen atoms in total. The second-order valence-electron chi connectivity index (χ2n) is 7.49. The van der Waals surface area contributed by atoms with Gasteiger partial charge < -0.3 is 26.4 Å². The van der Waals surface area contributed by atoms with E-state index in [2.05, 4.69) is 21.8 Å². The van der Waals surface area contributed by atoms with Crippen LogP contribution >= 0.6 is 0 Å². The van der Waals surface area contributed by atoms with Crippen molar-refractivity contribution in [3.8, 4) is 0 Å². The molecule has 1 atom stereocenters. The third-order valence-electron chi connectivity index (χ3n) is 5.18. The molecule has 0 bridgehead atoms. The molecule has 0 spiro atoms. The first kappa shape index (κ1) is 23.6. The Labute approximate surface area is 225 Å². The fourth-order valence-electron chi connectivity index (χ4n) is 3.51. The summed E-state index contributed by atoms with van der Waals surface area (Å²) in [5.74, 6) is -0.0326. The van der Waals surface area contributed by atoms with Gasteiger partial charge in [-0.3, -0.25) is 9.59 Å². The summed E-state index contributed by atoms with van der Waals surface area (Å²) in [7, 11) is 1.95. The molecule has 0 radical (unpaired) electrons. The Balaban J connectivity index is 0.00000272. The number of nitrogens with zero attached hydrogens (tertiary/aromatic N) is 2. The van der Waals surface area contributed by atoms with Crippen molar-refractivity contribution in [3.05, 3.63) is 83.7 Å². The number of hydrogen-bond donors (Lipinski definition) is 2. The first-order valence-corrected chi connectivity index (χ1v) is 9.89. The van der Waals surface area contributed by atoms with Gasteiger partial charge in [-0.25, -0.2) is 0 Å². The summed E-state index contributed by atoms with van der Waals surface area (Å²) in [6, 6.07) is 13.0. The van der Waals surface area contributed by atoms with Crippen LogP contribution in [0.25, 0.3) is 0 Å². The van der Waals surface area contributed by atoms with Crippen LogP contribution in [0.1, 0.15) is 51.2 Å². The van der Waals surface area contributed by atoms with Crippen LogP contribution in [0.2, 0.25) is 0 Å². The molecule has 2 aromatic carbocycles. The molecular formula is C24H23KN4O2. The van der Waals surface area contributed by atoms with Crippen LogP contribution in [0, 0.1) is 12.7 Å². The molecule has 0 saturated carbocycles. The van der Waals surface area contributed by atoms with Gasteiger partial charge in [0.1, 0.15) is 7.05 Å². The van der Waals surface area contributed by atoms with E-state index in [1.807, 2.05) is 61.6 Å². The number of anilines is 1. The Morgan fingerprint density at radius 2 is 2.06 bits per heavy atom. The van der Waals surface area contributed by atoms with Crippen LogP contribution < -0.4 is 62.0 Å². The normalized spacial score (nSPS) is 16.6. The second-order valence-corrected chi connectivity index (χ2v) is 7.49. The third-order valence-corrected chi connectivity index (χ3v) is 5.18. The molecule has 2 aliphatic rings. The third kappa shape index (κ3) is 5.81. The monoisotopic (exact) mass is 438 g/mol. The van der Waals surface area contributed by atoms with Gasteiger partial charge in [0, 0.05) is 29.3 Å². The van der Waals surface area contributed by atoms with E-state index < -0.39 is 0 Å². The van der Waals surface area contributed by atoms with Crippen LogP contribution in [-0.4, -0.2) is 35.2 Å². The summed E-state index contributed by atoms with van der Waals surface area (Å²) in [6.45, 7) is 3.94. The van der Waals surface area contributed by atoms with Gasteiger partial charge in [0.15, 0.2) is 5.78 Å². The van der Waals surface area contributed by atoms with Crippen molar-refractivity contribution in [1.82, 2.24) is 5.32 Å². The molecule has 0 saturated heterocycles. The van der Waals surface area contributed by atoms with Gasteiger partial charge in [-0.05, 0) is 48.7 Å².